The fourth-order valence-corrected chi connectivity index (χ4v) is 5.95. The van der Waals surface area contributed by atoms with Crippen molar-refractivity contribution in [1.29, 1.82) is 0 Å². The highest BCUT2D eigenvalue weighted by Crippen LogP contribution is 2.41. The van der Waals surface area contributed by atoms with Gasteiger partial charge in [0.05, 0.1) is 11.1 Å². The molecule has 6 unspecified atom stereocenters. The maximum absolute atomic E-state index is 14.7. The molecule has 19 heteroatoms. The molecule has 5 amide bonds. The summed E-state index contributed by atoms with van der Waals surface area (Å²) in [7, 11) is 1.40. The second-order valence-electron chi connectivity index (χ2n) is 13.1. The van der Waals surface area contributed by atoms with Gasteiger partial charge < -0.3 is 56.6 Å². The third-order valence-electron chi connectivity index (χ3n) is 9.22. The smallest absolute Gasteiger partial charge is 0.352 e. The van der Waals surface area contributed by atoms with E-state index in [1.807, 2.05) is 5.32 Å². The van der Waals surface area contributed by atoms with Crippen LogP contribution in [0.1, 0.15) is 59.1 Å². The van der Waals surface area contributed by atoms with Gasteiger partial charge in [0.15, 0.2) is 11.5 Å². The average Bonchev–Trinajstić information content (AvgIpc) is 3.62. The molecule has 2 aliphatic heterocycles. The molecule has 2 bridgehead atoms. The van der Waals surface area contributed by atoms with Crippen molar-refractivity contribution in [3.8, 4) is 11.5 Å². The van der Waals surface area contributed by atoms with Crippen LogP contribution in [0, 0.1) is 0 Å². The number of fused-ring (bicyclic) bond motifs is 2. The molecule has 9 N–H and O–H groups in total. The highest BCUT2D eigenvalue weighted by Gasteiger charge is 2.47. The largest absolute Gasteiger partial charge is 0.503 e. The highest BCUT2D eigenvalue weighted by molar-refractivity contribution is 6.32. The number of likely N-dealkylation sites (N-methyl/N-ethyl adjacent to an activating group) is 1. The van der Waals surface area contributed by atoms with E-state index >= 15 is 0 Å². The van der Waals surface area contributed by atoms with E-state index < -0.39 is 94.5 Å². The molecule has 18 nitrogen and oxygen atoms in total. The molecule has 3 rings (SSSR count). The summed E-state index contributed by atoms with van der Waals surface area (Å²) in [4.78, 5) is 92.9. The Morgan fingerprint density at radius 3 is 2.29 bits per heavy atom. The Bertz CT molecular complexity index is 1880. The molecule has 298 valence electrons. The number of aromatic hydroxyl groups is 1. The van der Waals surface area contributed by atoms with Crippen LogP contribution < -0.4 is 31.3 Å². The third kappa shape index (κ3) is 9.88. The van der Waals surface area contributed by atoms with Gasteiger partial charge in [-0.2, -0.15) is 0 Å². The van der Waals surface area contributed by atoms with Crippen LogP contribution in [0.3, 0.4) is 0 Å². The predicted octanol–water partition coefficient (Wildman–Crippen LogP) is 0.510. The van der Waals surface area contributed by atoms with E-state index in [0.29, 0.717) is 0 Å². The second-order valence-corrected chi connectivity index (χ2v) is 13.5. The molecule has 55 heavy (non-hydrogen) atoms. The van der Waals surface area contributed by atoms with Gasteiger partial charge in [0, 0.05) is 6.54 Å². The van der Waals surface area contributed by atoms with E-state index in [0.717, 1.165) is 4.90 Å². The number of carboxylic acid groups (broad SMARTS) is 2. The Kier molecular flexibility index (Phi) is 14.4. The van der Waals surface area contributed by atoms with Crippen LogP contribution in [-0.2, 0) is 33.6 Å². The van der Waals surface area contributed by atoms with Crippen molar-refractivity contribution >= 4 is 53.1 Å². The van der Waals surface area contributed by atoms with Gasteiger partial charge in [-0.15, -0.1) is 0 Å². The summed E-state index contributed by atoms with van der Waals surface area (Å²) in [5.74, 6) is -8.94. The number of hydrogen-bond donors (Lipinski definition) is 9. The number of nitrogens with zero attached hydrogens (tertiary/aromatic N) is 1. The second kappa shape index (κ2) is 18.1. The van der Waals surface area contributed by atoms with E-state index in [1.54, 1.807) is 13.8 Å². The van der Waals surface area contributed by atoms with Crippen molar-refractivity contribution in [1.82, 2.24) is 31.5 Å². The molecule has 0 spiro atoms. The van der Waals surface area contributed by atoms with Crippen molar-refractivity contribution in [3.05, 3.63) is 70.1 Å². The van der Waals surface area contributed by atoms with Crippen LogP contribution in [0.4, 0.5) is 0 Å². The van der Waals surface area contributed by atoms with Gasteiger partial charge in [-0.3, -0.25) is 24.0 Å². The third-order valence-corrected chi connectivity index (χ3v) is 9.51. The number of hydrogen-bond acceptors (Lipinski definition) is 11. The first-order valence-electron chi connectivity index (χ1n) is 17.0. The number of allylic oxidation sites excluding steroid dienone is 1. The molecule has 0 aromatic heterocycles. The number of amides is 5. The first kappa shape index (κ1) is 43.7. The number of ether oxygens (including phenoxy) is 1. The summed E-state index contributed by atoms with van der Waals surface area (Å²) in [5.41, 5.74) is -2.62. The summed E-state index contributed by atoms with van der Waals surface area (Å²) in [6, 6.07) is -3.37. The zero-order chi connectivity index (χ0) is 41.5. The molecule has 0 saturated carbocycles. The van der Waals surface area contributed by atoms with Crippen molar-refractivity contribution < 1.29 is 58.7 Å². The van der Waals surface area contributed by atoms with Gasteiger partial charge in [0.25, 0.3) is 17.7 Å². The molecule has 0 saturated heterocycles. The van der Waals surface area contributed by atoms with Crippen molar-refractivity contribution in [2.75, 3.05) is 13.6 Å². The average molecular weight is 789 g/mol. The topological polar surface area (TPSA) is 273 Å². The maximum Gasteiger partial charge on any atom is 0.352 e. The highest BCUT2D eigenvalue weighted by atomic mass is 35.5. The number of rotatable bonds is 11. The van der Waals surface area contributed by atoms with Crippen LogP contribution in [0.5, 0.6) is 11.5 Å². The molecule has 1 aromatic carbocycles. The van der Waals surface area contributed by atoms with E-state index in [9.17, 15) is 48.9 Å². The zero-order valence-electron chi connectivity index (χ0n) is 31.0. The first-order chi connectivity index (χ1) is 25.7. The number of nitrogens with one attached hydrogen (secondary N) is 5. The van der Waals surface area contributed by atoms with Crippen LogP contribution in [0.15, 0.2) is 59.5 Å². The predicted molar refractivity (Wildman–Crippen MR) is 196 cm³/mol. The summed E-state index contributed by atoms with van der Waals surface area (Å²) >= 11 is 6.33. The number of halogens is 1. The molecule has 0 fully saturated rings. The van der Waals surface area contributed by atoms with E-state index in [-0.39, 0.29) is 52.9 Å². The lowest BCUT2D eigenvalue weighted by atomic mass is 9.90. The Hall–Kier alpha value is -5.72. The van der Waals surface area contributed by atoms with Crippen LogP contribution in [0.25, 0.3) is 0 Å². The number of carboxylic acids is 2. The number of benzene rings is 1. The Balaban J connectivity index is 2.11. The lowest BCUT2D eigenvalue weighted by molar-refractivity contribution is -0.146. The van der Waals surface area contributed by atoms with Gasteiger partial charge in [0.1, 0.15) is 47.3 Å². The lowest BCUT2D eigenvalue weighted by Gasteiger charge is -2.40. The minimum atomic E-state index is -1.75. The number of carbonyl (C=O) groups is 7. The first-order valence-corrected chi connectivity index (χ1v) is 17.4. The van der Waals surface area contributed by atoms with E-state index in [4.69, 9.17) is 21.4 Å². The molecule has 0 radical (unpaired) electrons. The maximum atomic E-state index is 14.7. The molecule has 0 aliphatic carbocycles. The standard InChI is InChI=1S/C36H45ClN6O12/c1-8-17(5)25(32(50)39-20(35(53)54)15-23(44)45)41-30(48)21-11-10-12-43(21)34(52)29-36(6,9-2)55-22-14-18(13-19(37)28(22)47)27(46)26(38-7)33(51)40-24(16(3)4)31(49)42-29/h10-11,13-15,21,24,26-27,29,38,46-47H,3,8-9,12H2,1-2,4-7H3,(H,39,50)(H,40,51)(H,41,48)(H,42,49)(H,44,45)(H,53,54)/b20-15+,25-17-. The molecule has 6 atom stereocenters. The normalized spacial score (nSPS) is 24.8. The van der Waals surface area contributed by atoms with E-state index in [2.05, 4.69) is 27.8 Å². The van der Waals surface area contributed by atoms with E-state index in [1.165, 1.54) is 52.1 Å². The quantitative estimate of drug-likeness (QED) is 0.109. The van der Waals surface area contributed by atoms with Crippen molar-refractivity contribution in [2.24, 2.45) is 0 Å². The fraction of sp³-hybridized carbons (Fsp3) is 0.417. The number of phenols is 1. The van der Waals surface area contributed by atoms with Gasteiger partial charge in [-0.1, -0.05) is 44.2 Å². The molecular formula is C36H45ClN6O12. The number of aliphatic hydroxyl groups excluding tert-OH is 1. The molecular weight excluding hydrogens is 744 g/mol. The zero-order valence-corrected chi connectivity index (χ0v) is 31.7. The fourth-order valence-electron chi connectivity index (χ4n) is 5.73. The molecule has 2 heterocycles. The molecule has 2 aliphatic rings. The van der Waals surface area contributed by atoms with Crippen LogP contribution in [0.2, 0.25) is 5.02 Å². The number of aliphatic carboxylic acids is 2. The minimum Gasteiger partial charge on any atom is -0.503 e. The van der Waals surface area contributed by atoms with Gasteiger partial charge >= 0.3 is 11.9 Å². The van der Waals surface area contributed by atoms with Gasteiger partial charge in [-0.25, -0.2) is 9.59 Å². The molecule has 1 aromatic rings. The minimum absolute atomic E-state index is 0.0204. The summed E-state index contributed by atoms with van der Waals surface area (Å²) in [6.07, 6.45) is 1.71. The van der Waals surface area contributed by atoms with Crippen LogP contribution >= 0.6 is 11.6 Å². The number of aliphatic hydroxyl groups is 1. The lowest BCUT2D eigenvalue weighted by Crippen LogP contribution is -2.65. The summed E-state index contributed by atoms with van der Waals surface area (Å²) in [6.45, 7) is 11.3. The van der Waals surface area contributed by atoms with Crippen LogP contribution in [-0.4, -0.2) is 110 Å². The SMILES string of the molecule is C=C(C)C1NC(=O)C(NC)C(O)c2cc(Cl)c(O)c(c2)OC(C)(CC)C(C(=O)N2CC=CC2C(=O)N/C(C(=O)N/C(=C/C(=O)O)C(=O)O)=C(/C)CC)NC1=O. The number of carbonyl (C=O) groups excluding carboxylic acids is 5. The van der Waals surface area contributed by atoms with Gasteiger partial charge in [-0.05, 0) is 69.5 Å². The van der Waals surface area contributed by atoms with Crippen molar-refractivity contribution in [3.63, 3.8) is 0 Å². The summed E-state index contributed by atoms with van der Waals surface area (Å²) in [5, 5.41) is 52.6. The number of phenolic OH excluding ortho intramolecular Hbond substituents is 1. The van der Waals surface area contributed by atoms with Crippen molar-refractivity contribution in [2.45, 2.75) is 83.3 Å². The van der Waals surface area contributed by atoms with Gasteiger partial charge in [0.2, 0.25) is 11.8 Å². The summed E-state index contributed by atoms with van der Waals surface area (Å²) < 4.78 is 6.29. The Morgan fingerprint density at radius 1 is 1.09 bits per heavy atom. The Labute approximate surface area is 321 Å². The monoisotopic (exact) mass is 788 g/mol. The Morgan fingerprint density at radius 2 is 1.75 bits per heavy atom.